The molecule has 0 spiro atoms. The van der Waals surface area contributed by atoms with E-state index >= 15 is 0 Å². The molecule has 5 nitrogen and oxygen atoms in total. The van der Waals surface area contributed by atoms with E-state index in [1.165, 1.54) is 0 Å². The Morgan fingerprint density at radius 1 is 1.56 bits per heavy atom. The molecule has 0 radical (unpaired) electrons. The zero-order valence-electron chi connectivity index (χ0n) is 10.9. The summed E-state index contributed by atoms with van der Waals surface area (Å²) < 4.78 is 10.8. The lowest BCUT2D eigenvalue weighted by Crippen LogP contribution is -2.36. The maximum atomic E-state index is 12.2. The van der Waals surface area contributed by atoms with Crippen molar-refractivity contribution in [2.24, 2.45) is 5.73 Å². The van der Waals surface area contributed by atoms with Crippen LogP contribution in [0, 0.1) is 6.92 Å². The van der Waals surface area contributed by atoms with Crippen LogP contribution in [0.1, 0.15) is 24.2 Å². The van der Waals surface area contributed by atoms with Gasteiger partial charge in [0, 0.05) is 25.7 Å². The number of rotatable bonds is 4. The lowest BCUT2D eigenvalue weighted by Gasteiger charge is -2.21. The van der Waals surface area contributed by atoms with E-state index in [-0.39, 0.29) is 18.1 Å². The summed E-state index contributed by atoms with van der Waals surface area (Å²) in [5, 5.41) is 0. The zero-order valence-corrected chi connectivity index (χ0v) is 10.9. The van der Waals surface area contributed by atoms with Gasteiger partial charge in [-0.1, -0.05) is 0 Å². The lowest BCUT2D eigenvalue weighted by molar-refractivity contribution is -0.141. The molecule has 18 heavy (non-hydrogen) atoms. The Hall–Kier alpha value is -1.33. The first kappa shape index (κ1) is 13.1. The highest BCUT2D eigenvalue weighted by Gasteiger charge is 2.31. The molecule has 1 aliphatic rings. The summed E-state index contributed by atoms with van der Waals surface area (Å²) in [6.07, 6.45) is 2.96. The average Bonchev–Trinajstić information content (AvgIpc) is 2.98. The van der Waals surface area contributed by atoms with Crippen molar-refractivity contribution in [2.45, 2.75) is 38.5 Å². The number of likely N-dealkylation sites (N-methyl/N-ethyl adjacent to an activating group) is 1. The SMILES string of the molecule is Cc1occc1CN(C)C(=O)C1CCC(CN)O1. The minimum absolute atomic E-state index is 0.0200. The van der Waals surface area contributed by atoms with Gasteiger partial charge >= 0.3 is 0 Å². The Bertz CT molecular complexity index is 416. The summed E-state index contributed by atoms with van der Waals surface area (Å²) in [6.45, 7) is 2.92. The largest absolute Gasteiger partial charge is 0.469 e. The van der Waals surface area contributed by atoms with Gasteiger partial charge in [0.25, 0.3) is 5.91 Å². The number of carbonyl (C=O) groups excluding carboxylic acids is 1. The molecule has 100 valence electrons. The fourth-order valence-corrected chi connectivity index (χ4v) is 2.22. The molecule has 0 saturated carbocycles. The summed E-state index contributed by atoms with van der Waals surface area (Å²) in [4.78, 5) is 13.9. The summed E-state index contributed by atoms with van der Waals surface area (Å²) in [6, 6.07) is 1.89. The monoisotopic (exact) mass is 252 g/mol. The molecule has 1 aromatic rings. The van der Waals surface area contributed by atoms with Crippen LogP contribution in [-0.2, 0) is 16.1 Å². The summed E-state index contributed by atoms with van der Waals surface area (Å²) in [5.41, 5.74) is 6.57. The van der Waals surface area contributed by atoms with Crippen LogP contribution in [0.2, 0.25) is 0 Å². The van der Waals surface area contributed by atoms with Crippen molar-refractivity contribution in [1.29, 1.82) is 0 Å². The van der Waals surface area contributed by atoms with Gasteiger partial charge in [-0.15, -0.1) is 0 Å². The molecule has 1 aromatic heterocycles. The standard InChI is InChI=1S/C13H20N2O3/c1-9-10(5-6-17-9)8-15(2)13(16)12-4-3-11(7-14)18-12/h5-6,11-12H,3-4,7-8,14H2,1-2H3. The molecule has 5 heteroatoms. The molecule has 2 atom stereocenters. The number of aryl methyl sites for hydroxylation is 1. The highest BCUT2D eigenvalue weighted by atomic mass is 16.5. The molecule has 2 N–H and O–H groups in total. The summed E-state index contributed by atoms with van der Waals surface area (Å²) >= 11 is 0. The Kier molecular flexibility index (Phi) is 4.04. The third-order valence-corrected chi connectivity index (χ3v) is 3.40. The van der Waals surface area contributed by atoms with Crippen LogP contribution < -0.4 is 5.73 Å². The number of nitrogens with two attached hydrogens (primary N) is 1. The second kappa shape index (κ2) is 5.54. The summed E-state index contributed by atoms with van der Waals surface area (Å²) in [7, 11) is 1.79. The molecular formula is C13H20N2O3. The number of furan rings is 1. The fourth-order valence-electron chi connectivity index (χ4n) is 2.22. The van der Waals surface area contributed by atoms with Crippen molar-refractivity contribution in [3.05, 3.63) is 23.7 Å². The van der Waals surface area contributed by atoms with E-state index < -0.39 is 0 Å². The highest BCUT2D eigenvalue weighted by Crippen LogP contribution is 2.21. The van der Waals surface area contributed by atoms with E-state index in [2.05, 4.69) is 0 Å². The van der Waals surface area contributed by atoms with Crippen LogP contribution in [0.5, 0.6) is 0 Å². The quantitative estimate of drug-likeness (QED) is 0.869. The van der Waals surface area contributed by atoms with Gasteiger partial charge in [-0.05, 0) is 25.8 Å². The Morgan fingerprint density at radius 2 is 2.33 bits per heavy atom. The van der Waals surface area contributed by atoms with Gasteiger partial charge < -0.3 is 19.8 Å². The van der Waals surface area contributed by atoms with Crippen molar-refractivity contribution in [2.75, 3.05) is 13.6 Å². The number of hydrogen-bond acceptors (Lipinski definition) is 4. The molecule has 1 saturated heterocycles. The second-order valence-electron chi connectivity index (χ2n) is 4.76. The van der Waals surface area contributed by atoms with Gasteiger partial charge in [-0.3, -0.25) is 4.79 Å². The highest BCUT2D eigenvalue weighted by molar-refractivity contribution is 5.81. The first-order chi connectivity index (χ1) is 8.61. The van der Waals surface area contributed by atoms with Crippen LogP contribution >= 0.6 is 0 Å². The van der Waals surface area contributed by atoms with Crippen LogP contribution in [0.15, 0.2) is 16.7 Å². The van der Waals surface area contributed by atoms with E-state index in [0.29, 0.717) is 13.1 Å². The van der Waals surface area contributed by atoms with E-state index in [9.17, 15) is 4.79 Å². The van der Waals surface area contributed by atoms with Gasteiger partial charge in [-0.2, -0.15) is 0 Å². The molecule has 0 bridgehead atoms. The van der Waals surface area contributed by atoms with Gasteiger partial charge in [0.15, 0.2) is 0 Å². The van der Waals surface area contributed by atoms with Crippen molar-refractivity contribution in [1.82, 2.24) is 4.90 Å². The lowest BCUT2D eigenvalue weighted by atomic mass is 10.1. The number of amides is 1. The molecule has 2 rings (SSSR count). The number of hydrogen-bond donors (Lipinski definition) is 1. The number of ether oxygens (including phenoxy) is 1. The average molecular weight is 252 g/mol. The number of carbonyl (C=O) groups is 1. The van der Waals surface area contributed by atoms with Crippen LogP contribution in [0.25, 0.3) is 0 Å². The predicted molar refractivity (Wildman–Crippen MR) is 66.9 cm³/mol. The third-order valence-electron chi connectivity index (χ3n) is 3.40. The fraction of sp³-hybridized carbons (Fsp3) is 0.615. The minimum Gasteiger partial charge on any atom is -0.469 e. The minimum atomic E-state index is -0.337. The number of nitrogens with zero attached hydrogens (tertiary/aromatic N) is 1. The predicted octanol–water partition coefficient (Wildman–Crippen LogP) is 1.05. The first-order valence-corrected chi connectivity index (χ1v) is 6.25. The van der Waals surface area contributed by atoms with Crippen molar-refractivity contribution in [3.63, 3.8) is 0 Å². The molecule has 0 aliphatic carbocycles. The van der Waals surface area contributed by atoms with Crippen molar-refractivity contribution >= 4 is 5.91 Å². The van der Waals surface area contributed by atoms with E-state index in [1.54, 1.807) is 18.2 Å². The molecular weight excluding hydrogens is 232 g/mol. The topological polar surface area (TPSA) is 68.7 Å². The van der Waals surface area contributed by atoms with Crippen LogP contribution in [0.3, 0.4) is 0 Å². The zero-order chi connectivity index (χ0) is 13.1. The Labute approximate surface area is 107 Å². The van der Waals surface area contributed by atoms with Gasteiger partial charge in [0.2, 0.25) is 0 Å². The van der Waals surface area contributed by atoms with E-state index in [0.717, 1.165) is 24.2 Å². The van der Waals surface area contributed by atoms with Gasteiger partial charge in [0.05, 0.1) is 12.4 Å². The maximum Gasteiger partial charge on any atom is 0.251 e. The van der Waals surface area contributed by atoms with E-state index in [1.807, 2.05) is 13.0 Å². The van der Waals surface area contributed by atoms with Crippen LogP contribution in [-0.4, -0.2) is 36.6 Å². The Morgan fingerprint density at radius 3 is 2.89 bits per heavy atom. The van der Waals surface area contributed by atoms with E-state index in [4.69, 9.17) is 14.9 Å². The van der Waals surface area contributed by atoms with Gasteiger partial charge in [0.1, 0.15) is 11.9 Å². The normalized spacial score (nSPS) is 23.3. The first-order valence-electron chi connectivity index (χ1n) is 6.25. The molecule has 1 fully saturated rings. The Balaban J connectivity index is 1.91. The maximum absolute atomic E-state index is 12.2. The third kappa shape index (κ3) is 2.73. The van der Waals surface area contributed by atoms with Crippen molar-refractivity contribution < 1.29 is 13.9 Å². The molecule has 2 unspecified atom stereocenters. The van der Waals surface area contributed by atoms with Crippen LogP contribution in [0.4, 0.5) is 0 Å². The van der Waals surface area contributed by atoms with Crippen molar-refractivity contribution in [3.8, 4) is 0 Å². The molecule has 1 aliphatic heterocycles. The summed E-state index contributed by atoms with van der Waals surface area (Å²) in [5.74, 6) is 0.869. The molecule has 0 aromatic carbocycles. The smallest absolute Gasteiger partial charge is 0.251 e. The second-order valence-corrected chi connectivity index (χ2v) is 4.76. The van der Waals surface area contributed by atoms with Gasteiger partial charge in [-0.25, -0.2) is 0 Å². The molecule has 2 heterocycles. The molecule has 1 amide bonds.